The topological polar surface area (TPSA) is 12.0 Å². The Morgan fingerprint density at radius 2 is 2.00 bits per heavy atom. The summed E-state index contributed by atoms with van der Waals surface area (Å²) in [6.45, 7) is 4.39. The minimum Gasteiger partial charge on any atom is -0.317 e. The van der Waals surface area contributed by atoms with E-state index in [1.165, 1.54) is 6.07 Å². The summed E-state index contributed by atoms with van der Waals surface area (Å²) in [4.78, 5) is 0. The molecule has 0 aliphatic rings. The van der Waals surface area contributed by atoms with Crippen LogP contribution in [0.15, 0.2) is 22.7 Å². The van der Waals surface area contributed by atoms with Gasteiger partial charge in [0.05, 0.1) is 0 Å². The Bertz CT molecular complexity index is 318. The molecule has 0 fully saturated rings. The molecular formula is C13H19BrFN. The van der Waals surface area contributed by atoms with Crippen LogP contribution in [0.2, 0.25) is 0 Å². The van der Waals surface area contributed by atoms with E-state index in [0.29, 0.717) is 12.0 Å². The number of hydrogen-bond acceptors (Lipinski definition) is 1. The first-order valence-corrected chi connectivity index (χ1v) is 6.44. The van der Waals surface area contributed by atoms with Crippen molar-refractivity contribution in [2.45, 2.75) is 32.7 Å². The fourth-order valence-electron chi connectivity index (χ4n) is 1.89. The Labute approximate surface area is 106 Å². The van der Waals surface area contributed by atoms with Crippen molar-refractivity contribution in [3.8, 4) is 0 Å². The summed E-state index contributed by atoms with van der Waals surface area (Å²) >= 11 is 3.31. The van der Waals surface area contributed by atoms with E-state index in [4.69, 9.17) is 0 Å². The minimum atomic E-state index is -0.171. The molecule has 16 heavy (non-hydrogen) atoms. The molecule has 0 radical (unpaired) electrons. The highest BCUT2D eigenvalue weighted by atomic mass is 79.9. The van der Waals surface area contributed by atoms with E-state index in [9.17, 15) is 4.39 Å². The number of benzene rings is 1. The van der Waals surface area contributed by atoms with E-state index in [2.05, 4.69) is 35.1 Å². The van der Waals surface area contributed by atoms with Crippen molar-refractivity contribution >= 4 is 15.9 Å². The number of halogens is 2. The highest BCUT2D eigenvalue weighted by molar-refractivity contribution is 9.10. The van der Waals surface area contributed by atoms with Gasteiger partial charge in [0.25, 0.3) is 0 Å². The van der Waals surface area contributed by atoms with Crippen LogP contribution < -0.4 is 5.32 Å². The van der Waals surface area contributed by atoms with Gasteiger partial charge in [0.15, 0.2) is 0 Å². The van der Waals surface area contributed by atoms with Crippen LogP contribution >= 0.6 is 15.9 Å². The molecular weight excluding hydrogens is 269 g/mol. The van der Waals surface area contributed by atoms with Gasteiger partial charge in [0.2, 0.25) is 0 Å². The van der Waals surface area contributed by atoms with Crippen molar-refractivity contribution in [2.75, 3.05) is 7.05 Å². The molecule has 1 aromatic rings. The SMILES string of the molecule is CNC(CCc1cc(F)cc(Br)c1)C(C)C. The smallest absolute Gasteiger partial charge is 0.124 e. The molecule has 0 saturated carbocycles. The summed E-state index contributed by atoms with van der Waals surface area (Å²) in [6, 6.07) is 5.57. The summed E-state index contributed by atoms with van der Waals surface area (Å²) in [5.74, 6) is 0.428. The Balaban J connectivity index is 2.60. The van der Waals surface area contributed by atoms with Crippen LogP contribution in [0.4, 0.5) is 4.39 Å². The molecule has 0 aromatic heterocycles. The molecule has 3 heteroatoms. The Morgan fingerprint density at radius 1 is 1.31 bits per heavy atom. The maximum atomic E-state index is 13.1. The van der Waals surface area contributed by atoms with Crippen LogP contribution in [-0.2, 0) is 6.42 Å². The lowest BCUT2D eigenvalue weighted by atomic mass is 9.97. The molecule has 90 valence electrons. The third-order valence-electron chi connectivity index (χ3n) is 2.84. The zero-order chi connectivity index (χ0) is 12.1. The number of nitrogens with one attached hydrogen (secondary N) is 1. The number of rotatable bonds is 5. The van der Waals surface area contributed by atoms with E-state index in [-0.39, 0.29) is 5.82 Å². The molecule has 0 heterocycles. The van der Waals surface area contributed by atoms with Gasteiger partial charge >= 0.3 is 0 Å². The molecule has 1 atom stereocenters. The summed E-state index contributed by atoms with van der Waals surface area (Å²) in [5.41, 5.74) is 1.05. The van der Waals surface area contributed by atoms with Gasteiger partial charge in [-0.2, -0.15) is 0 Å². The van der Waals surface area contributed by atoms with Crippen LogP contribution in [0.25, 0.3) is 0 Å². The van der Waals surface area contributed by atoms with Gasteiger partial charge in [-0.3, -0.25) is 0 Å². The molecule has 1 unspecified atom stereocenters. The van der Waals surface area contributed by atoms with Gasteiger partial charge in [0.1, 0.15) is 5.82 Å². The molecule has 0 amide bonds. The van der Waals surface area contributed by atoms with E-state index >= 15 is 0 Å². The molecule has 0 aliphatic carbocycles. The quantitative estimate of drug-likeness (QED) is 0.869. The fraction of sp³-hybridized carbons (Fsp3) is 0.538. The second kappa shape index (κ2) is 6.36. The van der Waals surface area contributed by atoms with Gasteiger partial charge in [-0.05, 0) is 49.6 Å². The molecule has 0 aliphatic heterocycles. The third-order valence-corrected chi connectivity index (χ3v) is 3.30. The van der Waals surface area contributed by atoms with Gasteiger partial charge in [-0.15, -0.1) is 0 Å². The van der Waals surface area contributed by atoms with Crippen LogP contribution in [0.3, 0.4) is 0 Å². The Hall–Kier alpha value is -0.410. The highest BCUT2D eigenvalue weighted by Crippen LogP contribution is 2.17. The van der Waals surface area contributed by atoms with Crippen LogP contribution in [0.5, 0.6) is 0 Å². The normalized spacial score (nSPS) is 13.1. The minimum absolute atomic E-state index is 0.171. The van der Waals surface area contributed by atoms with Crippen LogP contribution in [-0.4, -0.2) is 13.1 Å². The monoisotopic (exact) mass is 287 g/mol. The largest absolute Gasteiger partial charge is 0.317 e. The molecule has 0 saturated heterocycles. The average molecular weight is 288 g/mol. The maximum absolute atomic E-state index is 13.1. The standard InChI is InChI=1S/C13H19BrFN/c1-9(2)13(16-3)5-4-10-6-11(14)8-12(15)7-10/h6-9,13,16H,4-5H2,1-3H3. The lowest BCUT2D eigenvalue weighted by molar-refractivity contribution is 0.402. The first kappa shape index (κ1) is 13.7. The predicted octanol–water partition coefficient (Wildman–Crippen LogP) is 3.76. The summed E-state index contributed by atoms with van der Waals surface area (Å²) in [7, 11) is 1.98. The predicted molar refractivity (Wildman–Crippen MR) is 70.1 cm³/mol. The average Bonchev–Trinajstić information content (AvgIpc) is 2.16. The summed E-state index contributed by atoms with van der Waals surface area (Å²) in [5, 5.41) is 3.30. The lowest BCUT2D eigenvalue weighted by Crippen LogP contribution is -2.31. The molecule has 1 nitrogen and oxygen atoms in total. The first-order chi connectivity index (χ1) is 7.52. The molecule has 1 N–H and O–H groups in total. The number of aryl methyl sites for hydroxylation is 1. The fourth-order valence-corrected chi connectivity index (χ4v) is 2.40. The zero-order valence-electron chi connectivity index (χ0n) is 10.1. The van der Waals surface area contributed by atoms with E-state index < -0.39 is 0 Å². The van der Waals surface area contributed by atoms with Crippen molar-refractivity contribution in [1.82, 2.24) is 5.32 Å². The van der Waals surface area contributed by atoms with E-state index in [1.54, 1.807) is 6.07 Å². The third kappa shape index (κ3) is 4.22. The van der Waals surface area contributed by atoms with Crippen LogP contribution in [0.1, 0.15) is 25.8 Å². The van der Waals surface area contributed by atoms with Crippen molar-refractivity contribution in [3.05, 3.63) is 34.1 Å². The van der Waals surface area contributed by atoms with Gasteiger partial charge in [-0.1, -0.05) is 29.8 Å². The second-order valence-electron chi connectivity index (χ2n) is 4.46. The van der Waals surface area contributed by atoms with Gasteiger partial charge < -0.3 is 5.32 Å². The molecule has 1 aromatic carbocycles. The Morgan fingerprint density at radius 3 is 2.50 bits per heavy atom. The maximum Gasteiger partial charge on any atom is 0.124 e. The van der Waals surface area contributed by atoms with Gasteiger partial charge in [0, 0.05) is 10.5 Å². The molecule has 1 rings (SSSR count). The summed E-state index contributed by atoms with van der Waals surface area (Å²) < 4.78 is 14.0. The number of hydrogen-bond donors (Lipinski definition) is 1. The van der Waals surface area contributed by atoms with Crippen molar-refractivity contribution < 1.29 is 4.39 Å². The summed E-state index contributed by atoms with van der Waals surface area (Å²) in [6.07, 6.45) is 1.93. The molecule has 0 spiro atoms. The second-order valence-corrected chi connectivity index (χ2v) is 5.37. The van der Waals surface area contributed by atoms with Gasteiger partial charge in [-0.25, -0.2) is 4.39 Å². The van der Waals surface area contributed by atoms with Crippen molar-refractivity contribution in [2.24, 2.45) is 5.92 Å². The Kier molecular flexibility index (Phi) is 5.42. The van der Waals surface area contributed by atoms with E-state index in [0.717, 1.165) is 22.9 Å². The van der Waals surface area contributed by atoms with Crippen molar-refractivity contribution in [1.29, 1.82) is 0 Å². The lowest BCUT2D eigenvalue weighted by Gasteiger charge is -2.20. The molecule has 0 bridgehead atoms. The zero-order valence-corrected chi connectivity index (χ0v) is 11.6. The van der Waals surface area contributed by atoms with Crippen LogP contribution in [0, 0.1) is 11.7 Å². The highest BCUT2D eigenvalue weighted by Gasteiger charge is 2.10. The van der Waals surface area contributed by atoms with Crippen molar-refractivity contribution in [3.63, 3.8) is 0 Å². The first-order valence-electron chi connectivity index (χ1n) is 5.65. The van der Waals surface area contributed by atoms with E-state index in [1.807, 2.05) is 13.1 Å².